The van der Waals surface area contributed by atoms with E-state index in [-0.39, 0.29) is 11.9 Å². The molecule has 0 aliphatic rings. The number of amides is 1. The maximum absolute atomic E-state index is 12.9. The Hall–Kier alpha value is -3.15. The van der Waals surface area contributed by atoms with Gasteiger partial charge in [0, 0.05) is 22.8 Å². The van der Waals surface area contributed by atoms with E-state index in [0.717, 1.165) is 40.1 Å². The molecule has 4 aromatic rings. The minimum absolute atomic E-state index is 0.00816. The number of aryl methyl sites for hydroxylation is 1. The molecule has 0 aliphatic carbocycles. The molecule has 4 rings (SSSR count). The third-order valence-electron chi connectivity index (χ3n) is 5.06. The molecule has 6 heteroatoms. The summed E-state index contributed by atoms with van der Waals surface area (Å²) in [5.74, 6) is 1.18. The topological polar surface area (TPSA) is 75.1 Å². The van der Waals surface area contributed by atoms with Crippen LogP contribution in [0.5, 0.6) is 0 Å². The molecule has 1 atom stereocenters. The maximum Gasteiger partial charge on any atom is 0.225 e. The summed E-state index contributed by atoms with van der Waals surface area (Å²) in [6.45, 7) is 6.30. The van der Waals surface area contributed by atoms with Crippen LogP contribution in [-0.4, -0.2) is 25.5 Å². The Kier molecular flexibility index (Phi) is 4.86. The molecule has 2 N–H and O–H groups in total. The second-order valence-electron chi connectivity index (χ2n) is 7.69. The number of aromatic amines is 1. The van der Waals surface area contributed by atoms with Crippen molar-refractivity contribution >= 4 is 22.5 Å². The van der Waals surface area contributed by atoms with Gasteiger partial charge in [0.1, 0.15) is 0 Å². The molecular formula is C22H25N5O. The lowest BCUT2D eigenvalue weighted by molar-refractivity contribution is -0.121. The highest BCUT2D eigenvalue weighted by Gasteiger charge is 2.22. The van der Waals surface area contributed by atoms with Crippen molar-refractivity contribution in [2.24, 2.45) is 5.92 Å². The summed E-state index contributed by atoms with van der Waals surface area (Å²) in [6.07, 6.45) is 3.07. The standard InChI is InChI=1S/C22H25N5O/c1-14(2)12-19(22-26-25-20-10-6-7-11-27(20)22)24-21(28)13-17-15(3)23-18-9-5-4-8-16(17)18/h4-11,14,19,23H,12-13H2,1-3H3,(H,24,28)/t19-/m0/s1. The van der Waals surface area contributed by atoms with Crippen LogP contribution in [0.1, 0.15) is 43.4 Å². The average Bonchev–Trinajstić information content (AvgIpc) is 3.22. The van der Waals surface area contributed by atoms with Crippen molar-refractivity contribution in [2.75, 3.05) is 0 Å². The number of pyridine rings is 1. The normalized spacial score (nSPS) is 12.7. The second kappa shape index (κ2) is 7.46. The molecule has 144 valence electrons. The minimum Gasteiger partial charge on any atom is -0.358 e. The second-order valence-corrected chi connectivity index (χ2v) is 7.69. The summed E-state index contributed by atoms with van der Waals surface area (Å²) >= 11 is 0. The molecule has 0 fully saturated rings. The Morgan fingerprint density at radius 3 is 2.75 bits per heavy atom. The maximum atomic E-state index is 12.9. The van der Waals surface area contributed by atoms with E-state index >= 15 is 0 Å². The van der Waals surface area contributed by atoms with Crippen LogP contribution in [0.15, 0.2) is 48.7 Å². The first-order valence-corrected chi connectivity index (χ1v) is 9.68. The number of fused-ring (bicyclic) bond motifs is 2. The minimum atomic E-state index is -0.185. The third-order valence-corrected chi connectivity index (χ3v) is 5.06. The van der Waals surface area contributed by atoms with Gasteiger partial charge in [-0.25, -0.2) is 0 Å². The van der Waals surface area contributed by atoms with Crippen LogP contribution >= 0.6 is 0 Å². The Morgan fingerprint density at radius 1 is 1.14 bits per heavy atom. The van der Waals surface area contributed by atoms with Crippen LogP contribution in [0.2, 0.25) is 0 Å². The van der Waals surface area contributed by atoms with E-state index in [9.17, 15) is 4.79 Å². The van der Waals surface area contributed by atoms with Gasteiger partial charge < -0.3 is 10.3 Å². The van der Waals surface area contributed by atoms with Gasteiger partial charge in [0.15, 0.2) is 11.5 Å². The zero-order chi connectivity index (χ0) is 19.7. The molecule has 6 nitrogen and oxygen atoms in total. The van der Waals surface area contributed by atoms with E-state index in [1.54, 1.807) is 0 Å². The van der Waals surface area contributed by atoms with E-state index in [1.807, 2.05) is 53.9 Å². The van der Waals surface area contributed by atoms with Crippen LogP contribution in [0.4, 0.5) is 0 Å². The number of rotatable bonds is 6. The Bertz CT molecular complexity index is 1120. The summed E-state index contributed by atoms with van der Waals surface area (Å²) in [5, 5.41) is 12.9. The first-order chi connectivity index (χ1) is 13.5. The summed E-state index contributed by atoms with van der Waals surface area (Å²) in [6, 6.07) is 13.7. The smallest absolute Gasteiger partial charge is 0.225 e. The number of hydrogen-bond acceptors (Lipinski definition) is 3. The highest BCUT2D eigenvalue weighted by atomic mass is 16.1. The number of nitrogens with one attached hydrogen (secondary N) is 2. The number of carbonyl (C=O) groups excluding carboxylic acids is 1. The van der Waals surface area contributed by atoms with Gasteiger partial charge in [-0.1, -0.05) is 38.1 Å². The Labute approximate surface area is 164 Å². The highest BCUT2D eigenvalue weighted by molar-refractivity contribution is 5.90. The van der Waals surface area contributed by atoms with Gasteiger partial charge in [0.25, 0.3) is 0 Å². The van der Waals surface area contributed by atoms with Gasteiger partial charge in [0.05, 0.1) is 12.5 Å². The lowest BCUT2D eigenvalue weighted by atomic mass is 10.0. The molecule has 0 radical (unpaired) electrons. The van der Waals surface area contributed by atoms with Crippen molar-refractivity contribution in [3.05, 3.63) is 65.7 Å². The monoisotopic (exact) mass is 375 g/mol. The number of hydrogen-bond donors (Lipinski definition) is 2. The fourth-order valence-corrected chi connectivity index (χ4v) is 3.77. The molecule has 0 saturated carbocycles. The third kappa shape index (κ3) is 3.50. The quantitative estimate of drug-likeness (QED) is 0.535. The van der Waals surface area contributed by atoms with E-state index in [1.165, 1.54) is 0 Å². The van der Waals surface area contributed by atoms with E-state index in [2.05, 4.69) is 40.4 Å². The van der Waals surface area contributed by atoms with Crippen LogP contribution < -0.4 is 5.32 Å². The summed E-state index contributed by atoms with van der Waals surface area (Å²) in [4.78, 5) is 16.3. The van der Waals surface area contributed by atoms with Gasteiger partial charge >= 0.3 is 0 Å². The molecule has 0 bridgehead atoms. The van der Waals surface area contributed by atoms with Crippen molar-refractivity contribution in [3.63, 3.8) is 0 Å². The fourth-order valence-electron chi connectivity index (χ4n) is 3.77. The summed E-state index contributed by atoms with van der Waals surface area (Å²) in [7, 11) is 0. The van der Waals surface area contributed by atoms with Crippen molar-refractivity contribution in [1.82, 2.24) is 24.9 Å². The predicted octanol–water partition coefficient (Wildman–Crippen LogP) is 3.97. The molecule has 28 heavy (non-hydrogen) atoms. The van der Waals surface area contributed by atoms with Gasteiger partial charge in [-0.15, -0.1) is 10.2 Å². The molecule has 0 saturated heterocycles. The average molecular weight is 375 g/mol. The molecule has 0 spiro atoms. The molecule has 3 heterocycles. The molecule has 0 unspecified atom stereocenters. The zero-order valence-electron chi connectivity index (χ0n) is 16.4. The van der Waals surface area contributed by atoms with Crippen molar-refractivity contribution in [3.8, 4) is 0 Å². The molecule has 3 aromatic heterocycles. The van der Waals surface area contributed by atoms with Crippen molar-refractivity contribution in [1.29, 1.82) is 0 Å². The van der Waals surface area contributed by atoms with Crippen LogP contribution in [0.25, 0.3) is 16.6 Å². The fraction of sp³-hybridized carbons (Fsp3) is 0.318. The van der Waals surface area contributed by atoms with E-state index < -0.39 is 0 Å². The van der Waals surface area contributed by atoms with Gasteiger partial charge in [-0.2, -0.15) is 0 Å². The van der Waals surface area contributed by atoms with Crippen LogP contribution in [0.3, 0.4) is 0 Å². The lowest BCUT2D eigenvalue weighted by Gasteiger charge is -2.19. The van der Waals surface area contributed by atoms with Crippen LogP contribution in [-0.2, 0) is 11.2 Å². The molecule has 0 aliphatic heterocycles. The Morgan fingerprint density at radius 2 is 1.93 bits per heavy atom. The Balaban J connectivity index is 1.60. The van der Waals surface area contributed by atoms with Gasteiger partial charge in [0.2, 0.25) is 5.91 Å². The molecule has 1 amide bonds. The molecular weight excluding hydrogens is 350 g/mol. The van der Waals surface area contributed by atoms with Gasteiger partial charge in [-0.05, 0) is 43.0 Å². The predicted molar refractivity (Wildman–Crippen MR) is 110 cm³/mol. The summed E-state index contributed by atoms with van der Waals surface area (Å²) < 4.78 is 1.95. The lowest BCUT2D eigenvalue weighted by Crippen LogP contribution is -2.32. The highest BCUT2D eigenvalue weighted by Crippen LogP contribution is 2.24. The number of aromatic nitrogens is 4. The number of para-hydroxylation sites is 1. The number of H-pyrrole nitrogens is 1. The van der Waals surface area contributed by atoms with E-state index in [0.29, 0.717) is 12.3 Å². The number of benzene rings is 1. The zero-order valence-corrected chi connectivity index (χ0v) is 16.4. The van der Waals surface area contributed by atoms with Gasteiger partial charge in [-0.3, -0.25) is 9.20 Å². The SMILES string of the molecule is Cc1[nH]c2ccccc2c1CC(=O)N[C@@H](CC(C)C)c1nnc2ccccn12. The van der Waals surface area contributed by atoms with Crippen molar-refractivity contribution < 1.29 is 4.79 Å². The first-order valence-electron chi connectivity index (χ1n) is 9.68. The number of nitrogens with zero attached hydrogens (tertiary/aromatic N) is 3. The largest absolute Gasteiger partial charge is 0.358 e. The molecule has 1 aromatic carbocycles. The van der Waals surface area contributed by atoms with Crippen molar-refractivity contribution in [2.45, 2.75) is 39.7 Å². The van der Waals surface area contributed by atoms with E-state index in [4.69, 9.17) is 0 Å². The van der Waals surface area contributed by atoms with Crippen LogP contribution in [0, 0.1) is 12.8 Å². The number of carbonyl (C=O) groups is 1. The summed E-state index contributed by atoms with van der Waals surface area (Å²) in [5.41, 5.74) is 3.92. The first kappa shape index (κ1) is 18.2.